The van der Waals surface area contributed by atoms with E-state index in [-0.39, 0.29) is 5.75 Å². The summed E-state index contributed by atoms with van der Waals surface area (Å²) >= 11 is 0. The van der Waals surface area contributed by atoms with Crippen molar-refractivity contribution in [3.63, 3.8) is 0 Å². The standard InChI is InChI=1S/C17H16N2O3S/c1-13-18-19-17(21-13)12-23(20)11-14-7-5-6-10-16(14)22-15-8-3-2-4-9-15/h2-10H,11-12H2,1H3. The third kappa shape index (κ3) is 4.26. The Labute approximate surface area is 136 Å². The predicted molar refractivity (Wildman–Crippen MR) is 87.5 cm³/mol. The SMILES string of the molecule is Cc1nnc(CS(=O)Cc2ccccc2Oc2ccccc2)o1. The Morgan fingerprint density at radius 1 is 1.00 bits per heavy atom. The van der Waals surface area contributed by atoms with Crippen LogP contribution in [-0.2, 0) is 22.3 Å². The Bertz CT molecular complexity index is 802. The number of hydrogen-bond donors (Lipinski definition) is 0. The summed E-state index contributed by atoms with van der Waals surface area (Å²) in [5.74, 6) is 2.92. The lowest BCUT2D eigenvalue weighted by molar-refractivity contribution is 0.477. The lowest BCUT2D eigenvalue weighted by atomic mass is 10.2. The van der Waals surface area contributed by atoms with E-state index in [4.69, 9.17) is 9.15 Å². The number of aromatic nitrogens is 2. The van der Waals surface area contributed by atoms with Crippen LogP contribution in [0.1, 0.15) is 17.3 Å². The maximum Gasteiger partial charge on any atom is 0.228 e. The van der Waals surface area contributed by atoms with Gasteiger partial charge in [-0.05, 0) is 18.2 Å². The van der Waals surface area contributed by atoms with Crippen molar-refractivity contribution < 1.29 is 13.4 Å². The Balaban J connectivity index is 1.71. The molecule has 0 saturated carbocycles. The summed E-state index contributed by atoms with van der Waals surface area (Å²) < 4.78 is 23.5. The Hall–Kier alpha value is -2.47. The summed E-state index contributed by atoms with van der Waals surface area (Å²) in [6.45, 7) is 1.71. The van der Waals surface area contributed by atoms with Gasteiger partial charge in [0.05, 0.1) is 5.75 Å². The monoisotopic (exact) mass is 328 g/mol. The van der Waals surface area contributed by atoms with Crippen LogP contribution >= 0.6 is 0 Å². The van der Waals surface area contributed by atoms with Crippen LogP contribution in [0.2, 0.25) is 0 Å². The molecule has 0 aliphatic rings. The van der Waals surface area contributed by atoms with Gasteiger partial charge in [0.25, 0.3) is 0 Å². The number of aryl methyl sites for hydroxylation is 1. The molecule has 3 rings (SSSR count). The average Bonchev–Trinajstić information content (AvgIpc) is 2.95. The van der Waals surface area contributed by atoms with Crippen LogP contribution in [0.25, 0.3) is 0 Å². The van der Waals surface area contributed by atoms with Gasteiger partial charge >= 0.3 is 0 Å². The van der Waals surface area contributed by atoms with Gasteiger partial charge in [-0.3, -0.25) is 4.21 Å². The van der Waals surface area contributed by atoms with Crippen LogP contribution in [0.4, 0.5) is 0 Å². The molecule has 0 radical (unpaired) electrons. The lowest BCUT2D eigenvalue weighted by Crippen LogP contribution is -2.01. The maximum absolute atomic E-state index is 12.3. The van der Waals surface area contributed by atoms with Crippen LogP contribution in [0.3, 0.4) is 0 Å². The molecule has 5 nitrogen and oxygen atoms in total. The summed E-state index contributed by atoms with van der Waals surface area (Å²) in [5.41, 5.74) is 0.880. The van der Waals surface area contributed by atoms with E-state index in [1.165, 1.54) is 0 Å². The number of hydrogen-bond acceptors (Lipinski definition) is 5. The molecule has 1 unspecified atom stereocenters. The van der Waals surface area contributed by atoms with Crippen molar-refractivity contribution in [2.24, 2.45) is 0 Å². The fourth-order valence-electron chi connectivity index (χ4n) is 2.10. The van der Waals surface area contributed by atoms with Crippen molar-refractivity contribution in [1.82, 2.24) is 10.2 Å². The first-order valence-electron chi connectivity index (χ1n) is 7.15. The molecule has 1 heterocycles. The van der Waals surface area contributed by atoms with Crippen molar-refractivity contribution in [3.8, 4) is 11.5 Å². The Morgan fingerprint density at radius 3 is 2.48 bits per heavy atom. The summed E-state index contributed by atoms with van der Waals surface area (Å²) in [4.78, 5) is 0. The highest BCUT2D eigenvalue weighted by molar-refractivity contribution is 7.83. The van der Waals surface area contributed by atoms with E-state index in [0.29, 0.717) is 23.3 Å². The molecule has 118 valence electrons. The second-order valence-electron chi connectivity index (χ2n) is 4.97. The molecule has 6 heteroatoms. The number of nitrogens with zero attached hydrogens (tertiary/aromatic N) is 2. The van der Waals surface area contributed by atoms with E-state index in [1.807, 2.05) is 54.6 Å². The van der Waals surface area contributed by atoms with E-state index < -0.39 is 10.8 Å². The zero-order valence-electron chi connectivity index (χ0n) is 12.6. The smallest absolute Gasteiger partial charge is 0.228 e. The van der Waals surface area contributed by atoms with Crippen molar-refractivity contribution in [2.45, 2.75) is 18.4 Å². The zero-order chi connectivity index (χ0) is 16.1. The maximum atomic E-state index is 12.3. The van der Waals surface area contributed by atoms with Gasteiger partial charge in [0, 0.05) is 23.3 Å². The molecular weight excluding hydrogens is 312 g/mol. The second kappa shape index (κ2) is 7.19. The summed E-state index contributed by atoms with van der Waals surface area (Å²) in [6.07, 6.45) is 0. The minimum absolute atomic E-state index is 0.237. The Kier molecular flexibility index (Phi) is 4.83. The third-order valence-corrected chi connectivity index (χ3v) is 4.31. The minimum atomic E-state index is -1.15. The fraction of sp³-hybridized carbons (Fsp3) is 0.176. The second-order valence-corrected chi connectivity index (χ2v) is 6.42. The molecule has 1 atom stereocenters. The van der Waals surface area contributed by atoms with Gasteiger partial charge in [0.2, 0.25) is 11.8 Å². The summed E-state index contributed by atoms with van der Waals surface area (Å²) in [6, 6.07) is 17.1. The van der Waals surface area contributed by atoms with Gasteiger partial charge in [0.1, 0.15) is 17.3 Å². The largest absolute Gasteiger partial charge is 0.457 e. The average molecular weight is 328 g/mol. The number of ether oxygens (including phenoxy) is 1. The first-order chi connectivity index (χ1) is 11.2. The van der Waals surface area contributed by atoms with Crippen molar-refractivity contribution in [1.29, 1.82) is 0 Å². The van der Waals surface area contributed by atoms with E-state index in [1.54, 1.807) is 6.92 Å². The van der Waals surface area contributed by atoms with Crippen molar-refractivity contribution >= 4 is 10.8 Å². The van der Waals surface area contributed by atoms with Gasteiger partial charge in [-0.1, -0.05) is 36.4 Å². The molecule has 0 aliphatic carbocycles. The van der Waals surface area contributed by atoms with Gasteiger partial charge in [-0.15, -0.1) is 10.2 Å². The topological polar surface area (TPSA) is 65.2 Å². The minimum Gasteiger partial charge on any atom is -0.457 e. The molecule has 0 bridgehead atoms. The molecule has 0 saturated heterocycles. The highest BCUT2D eigenvalue weighted by Crippen LogP contribution is 2.26. The van der Waals surface area contributed by atoms with Crippen LogP contribution in [-0.4, -0.2) is 14.4 Å². The van der Waals surface area contributed by atoms with Crippen LogP contribution in [0.5, 0.6) is 11.5 Å². The highest BCUT2D eigenvalue weighted by atomic mass is 32.2. The number of rotatable bonds is 6. The van der Waals surface area contributed by atoms with E-state index >= 15 is 0 Å². The van der Waals surface area contributed by atoms with Crippen LogP contribution < -0.4 is 4.74 Å². The van der Waals surface area contributed by atoms with Gasteiger partial charge in [0.15, 0.2) is 0 Å². The zero-order valence-corrected chi connectivity index (χ0v) is 13.5. The molecule has 0 N–H and O–H groups in total. The molecule has 1 aromatic heterocycles. The molecule has 0 amide bonds. The molecule has 23 heavy (non-hydrogen) atoms. The van der Waals surface area contributed by atoms with E-state index in [9.17, 15) is 4.21 Å². The molecule has 2 aromatic carbocycles. The molecule has 0 aliphatic heterocycles. The van der Waals surface area contributed by atoms with Gasteiger partial charge in [-0.25, -0.2) is 0 Å². The normalized spacial score (nSPS) is 12.0. The highest BCUT2D eigenvalue weighted by Gasteiger charge is 2.12. The first kappa shape index (κ1) is 15.4. The van der Waals surface area contributed by atoms with E-state index in [0.717, 1.165) is 11.3 Å². The Morgan fingerprint density at radius 2 is 1.74 bits per heavy atom. The lowest BCUT2D eigenvalue weighted by Gasteiger charge is -2.10. The van der Waals surface area contributed by atoms with Crippen LogP contribution in [0.15, 0.2) is 59.0 Å². The predicted octanol–water partition coefficient (Wildman–Crippen LogP) is 3.62. The fourth-order valence-corrected chi connectivity index (χ4v) is 3.18. The van der Waals surface area contributed by atoms with Gasteiger partial charge < -0.3 is 9.15 Å². The molecule has 0 spiro atoms. The summed E-state index contributed by atoms with van der Waals surface area (Å²) in [7, 11) is -1.15. The van der Waals surface area contributed by atoms with E-state index in [2.05, 4.69) is 10.2 Å². The van der Waals surface area contributed by atoms with Crippen molar-refractivity contribution in [2.75, 3.05) is 0 Å². The summed E-state index contributed by atoms with van der Waals surface area (Å²) in [5, 5.41) is 7.62. The quantitative estimate of drug-likeness (QED) is 0.691. The first-order valence-corrected chi connectivity index (χ1v) is 8.64. The number of benzene rings is 2. The van der Waals surface area contributed by atoms with Crippen molar-refractivity contribution in [3.05, 3.63) is 71.9 Å². The van der Waals surface area contributed by atoms with Crippen LogP contribution in [0, 0.1) is 6.92 Å². The molecular formula is C17H16N2O3S. The van der Waals surface area contributed by atoms with Gasteiger partial charge in [-0.2, -0.15) is 0 Å². The molecule has 3 aromatic rings. The number of para-hydroxylation sites is 2. The molecule has 0 fully saturated rings. The third-order valence-electron chi connectivity index (χ3n) is 3.11.